The summed E-state index contributed by atoms with van der Waals surface area (Å²) in [6, 6.07) is 1.61. The average molecular weight is 301 g/mol. The summed E-state index contributed by atoms with van der Waals surface area (Å²) in [6.07, 6.45) is 5.82. The van der Waals surface area contributed by atoms with Gasteiger partial charge in [-0.15, -0.1) is 11.3 Å². The number of aliphatic hydroxyl groups is 1. The van der Waals surface area contributed by atoms with Crippen molar-refractivity contribution in [3.8, 4) is 11.8 Å². The number of aromatic nitrogens is 2. The number of pyridine rings is 1. The van der Waals surface area contributed by atoms with E-state index in [1.165, 1.54) is 17.3 Å². The Morgan fingerprint density at radius 1 is 1.48 bits per heavy atom. The van der Waals surface area contributed by atoms with E-state index < -0.39 is 0 Å². The van der Waals surface area contributed by atoms with Crippen LogP contribution in [-0.4, -0.2) is 27.6 Å². The average Bonchev–Trinajstić information content (AvgIpc) is 2.99. The van der Waals surface area contributed by atoms with Crippen LogP contribution in [0.1, 0.15) is 32.7 Å². The maximum Gasteiger partial charge on any atom is 0.253 e. The zero-order valence-electron chi connectivity index (χ0n) is 11.6. The van der Waals surface area contributed by atoms with Gasteiger partial charge >= 0.3 is 0 Å². The first-order valence-electron chi connectivity index (χ1n) is 6.50. The van der Waals surface area contributed by atoms with E-state index >= 15 is 0 Å². The molecule has 2 N–H and O–H groups in total. The molecule has 0 aliphatic heterocycles. The van der Waals surface area contributed by atoms with Gasteiger partial charge in [-0.25, -0.2) is 4.98 Å². The predicted molar refractivity (Wildman–Crippen MR) is 80.9 cm³/mol. The Labute approximate surface area is 127 Å². The smallest absolute Gasteiger partial charge is 0.253 e. The Morgan fingerprint density at radius 3 is 3.05 bits per heavy atom. The Morgan fingerprint density at radius 2 is 2.33 bits per heavy atom. The molecule has 2 aromatic rings. The van der Waals surface area contributed by atoms with Gasteiger partial charge in [0.25, 0.3) is 5.91 Å². The number of nitrogens with zero attached hydrogens (tertiary/aromatic N) is 2. The lowest BCUT2D eigenvalue weighted by molar-refractivity contribution is 0.0950. The summed E-state index contributed by atoms with van der Waals surface area (Å²) in [4.78, 5) is 21.6. The van der Waals surface area contributed by atoms with Crippen molar-refractivity contribution in [1.82, 2.24) is 15.3 Å². The maximum atomic E-state index is 12.2. The molecule has 2 rings (SSSR count). The van der Waals surface area contributed by atoms with E-state index in [4.69, 9.17) is 5.11 Å². The molecule has 0 aliphatic rings. The fraction of sp³-hybridized carbons (Fsp3) is 0.267. The minimum Gasteiger partial charge on any atom is -0.384 e. The van der Waals surface area contributed by atoms with Crippen LogP contribution in [-0.2, 0) is 13.0 Å². The number of hydrogen-bond acceptors (Lipinski definition) is 5. The van der Waals surface area contributed by atoms with Crippen LogP contribution < -0.4 is 5.32 Å². The second kappa shape index (κ2) is 7.53. The Bertz CT molecular complexity index is 685. The molecule has 108 valence electrons. The van der Waals surface area contributed by atoms with E-state index in [1.807, 2.05) is 6.20 Å². The normalized spacial score (nSPS) is 9.81. The Balaban J connectivity index is 2.06. The standard InChI is InChI=1S/C15H15N3O2S/c1-2-12-9-17-14(21-12)10-18-15(20)13-5-6-16-8-11(13)4-3-7-19/h5-6,8-9,19H,2,7,10H2,1H3,(H,18,20). The number of aliphatic hydroxyl groups excluding tert-OH is 1. The zero-order chi connectivity index (χ0) is 15.1. The van der Waals surface area contributed by atoms with Gasteiger partial charge < -0.3 is 10.4 Å². The minimum atomic E-state index is -0.255. The monoisotopic (exact) mass is 301 g/mol. The summed E-state index contributed by atoms with van der Waals surface area (Å²) >= 11 is 1.59. The van der Waals surface area contributed by atoms with Crippen LogP contribution in [0.15, 0.2) is 24.7 Å². The lowest BCUT2D eigenvalue weighted by Gasteiger charge is -2.04. The Kier molecular flexibility index (Phi) is 5.43. The Hall–Kier alpha value is -2.23. The summed E-state index contributed by atoms with van der Waals surface area (Å²) in [7, 11) is 0. The van der Waals surface area contributed by atoms with Crippen LogP contribution in [0, 0.1) is 11.8 Å². The van der Waals surface area contributed by atoms with Crippen LogP contribution >= 0.6 is 11.3 Å². The van der Waals surface area contributed by atoms with Gasteiger partial charge in [-0.3, -0.25) is 9.78 Å². The predicted octanol–water partition coefficient (Wildman–Crippen LogP) is 1.37. The highest BCUT2D eigenvalue weighted by atomic mass is 32.1. The van der Waals surface area contributed by atoms with E-state index in [2.05, 4.69) is 34.0 Å². The molecule has 0 saturated carbocycles. The topological polar surface area (TPSA) is 75.1 Å². The fourth-order valence-electron chi connectivity index (χ4n) is 1.67. The number of aryl methyl sites for hydroxylation is 1. The van der Waals surface area contributed by atoms with Crippen molar-refractivity contribution >= 4 is 17.2 Å². The molecule has 0 fully saturated rings. The molecule has 0 aromatic carbocycles. The van der Waals surface area contributed by atoms with Gasteiger partial charge in [0, 0.05) is 23.5 Å². The molecule has 1 amide bonds. The third kappa shape index (κ3) is 4.12. The van der Waals surface area contributed by atoms with E-state index in [9.17, 15) is 4.79 Å². The SMILES string of the molecule is CCc1cnc(CNC(=O)c2ccncc2C#CCO)s1. The lowest BCUT2D eigenvalue weighted by atomic mass is 10.1. The van der Waals surface area contributed by atoms with E-state index in [-0.39, 0.29) is 12.5 Å². The number of carbonyl (C=O) groups is 1. The van der Waals surface area contributed by atoms with E-state index in [0.717, 1.165) is 11.4 Å². The number of hydrogen-bond donors (Lipinski definition) is 2. The molecule has 0 bridgehead atoms. The maximum absolute atomic E-state index is 12.2. The molecule has 0 radical (unpaired) electrons. The van der Waals surface area contributed by atoms with E-state index in [1.54, 1.807) is 17.4 Å². The second-order valence-corrected chi connectivity index (χ2v) is 5.34. The summed E-state index contributed by atoms with van der Waals surface area (Å²) in [5.74, 6) is 5.01. The highest BCUT2D eigenvalue weighted by molar-refractivity contribution is 7.11. The van der Waals surface area contributed by atoms with Crippen molar-refractivity contribution in [2.24, 2.45) is 0 Å². The first-order valence-corrected chi connectivity index (χ1v) is 7.31. The van der Waals surface area contributed by atoms with Crippen molar-refractivity contribution in [3.63, 3.8) is 0 Å². The van der Waals surface area contributed by atoms with Crippen LogP contribution in [0.2, 0.25) is 0 Å². The van der Waals surface area contributed by atoms with Crippen molar-refractivity contribution in [2.75, 3.05) is 6.61 Å². The molecule has 2 heterocycles. The summed E-state index contributed by atoms with van der Waals surface area (Å²) < 4.78 is 0. The molecular formula is C15H15N3O2S. The molecule has 0 saturated heterocycles. The summed E-state index contributed by atoms with van der Waals surface area (Å²) in [5, 5.41) is 12.4. The molecule has 0 atom stereocenters. The molecule has 2 aromatic heterocycles. The summed E-state index contributed by atoms with van der Waals surface area (Å²) in [6.45, 7) is 2.20. The molecule has 0 aliphatic carbocycles. The number of thiazole rings is 1. The number of nitrogens with one attached hydrogen (secondary N) is 1. The van der Waals surface area contributed by atoms with Crippen molar-refractivity contribution in [1.29, 1.82) is 0 Å². The van der Waals surface area contributed by atoms with Gasteiger partial charge in [0.2, 0.25) is 0 Å². The molecule has 5 nitrogen and oxygen atoms in total. The third-order valence-electron chi connectivity index (χ3n) is 2.72. The third-order valence-corrected chi connectivity index (χ3v) is 3.86. The quantitative estimate of drug-likeness (QED) is 0.837. The van der Waals surface area contributed by atoms with Gasteiger partial charge in [0.15, 0.2) is 0 Å². The zero-order valence-corrected chi connectivity index (χ0v) is 12.4. The van der Waals surface area contributed by atoms with Crippen LogP contribution in [0.3, 0.4) is 0 Å². The highest BCUT2D eigenvalue weighted by Gasteiger charge is 2.10. The fourth-order valence-corrected chi connectivity index (χ4v) is 2.47. The molecular weight excluding hydrogens is 286 g/mol. The van der Waals surface area contributed by atoms with E-state index in [0.29, 0.717) is 17.7 Å². The number of rotatable bonds is 4. The van der Waals surface area contributed by atoms with Gasteiger partial charge in [-0.1, -0.05) is 18.8 Å². The van der Waals surface area contributed by atoms with Crippen LogP contribution in [0.5, 0.6) is 0 Å². The largest absolute Gasteiger partial charge is 0.384 e. The molecule has 0 spiro atoms. The van der Waals surface area contributed by atoms with Crippen molar-refractivity contribution < 1.29 is 9.90 Å². The number of amides is 1. The first kappa shape index (κ1) is 15.2. The summed E-state index contributed by atoms with van der Waals surface area (Å²) in [5.41, 5.74) is 0.940. The number of carbonyl (C=O) groups excluding carboxylic acids is 1. The van der Waals surface area contributed by atoms with Crippen LogP contribution in [0.4, 0.5) is 0 Å². The second-order valence-electron chi connectivity index (χ2n) is 4.14. The van der Waals surface area contributed by atoms with Crippen molar-refractivity contribution in [2.45, 2.75) is 19.9 Å². The molecule has 6 heteroatoms. The highest BCUT2D eigenvalue weighted by Crippen LogP contribution is 2.13. The van der Waals surface area contributed by atoms with Crippen LogP contribution in [0.25, 0.3) is 0 Å². The van der Waals surface area contributed by atoms with Gasteiger partial charge in [-0.2, -0.15) is 0 Å². The molecule has 0 unspecified atom stereocenters. The lowest BCUT2D eigenvalue weighted by Crippen LogP contribution is -2.23. The first-order chi connectivity index (χ1) is 10.2. The van der Waals surface area contributed by atoms with Crippen molar-refractivity contribution in [3.05, 3.63) is 45.7 Å². The van der Waals surface area contributed by atoms with Gasteiger partial charge in [0.05, 0.1) is 17.7 Å². The van der Waals surface area contributed by atoms with Gasteiger partial charge in [0.1, 0.15) is 11.6 Å². The molecule has 21 heavy (non-hydrogen) atoms. The minimum absolute atomic E-state index is 0.229. The van der Waals surface area contributed by atoms with Gasteiger partial charge in [-0.05, 0) is 12.5 Å².